The number of nitrogens with zero attached hydrogens (tertiary/aromatic N) is 2. The molecule has 1 aromatic heterocycles. The minimum absolute atomic E-state index is 0.130. The lowest BCUT2D eigenvalue weighted by Gasteiger charge is -2.63. The largest absolute Gasteiger partial charge is 0.504 e. The van der Waals surface area contributed by atoms with Crippen LogP contribution in [0.3, 0.4) is 0 Å². The monoisotopic (exact) mass is 472 g/mol. The Labute approximate surface area is 207 Å². The van der Waals surface area contributed by atoms with Gasteiger partial charge in [-0.1, -0.05) is 6.07 Å². The Morgan fingerprint density at radius 2 is 1.80 bits per heavy atom. The van der Waals surface area contributed by atoms with E-state index in [0.29, 0.717) is 5.75 Å². The van der Waals surface area contributed by atoms with Crippen LogP contribution in [0.2, 0.25) is 0 Å². The molecule has 1 unspecified atom stereocenters. The van der Waals surface area contributed by atoms with Crippen LogP contribution in [0, 0.1) is 11.8 Å². The molecule has 184 valence electrons. The number of hydrogen-bond acceptors (Lipinski definition) is 4. The summed E-state index contributed by atoms with van der Waals surface area (Å²) in [5.41, 5.74) is 7.01. The van der Waals surface area contributed by atoms with Crippen molar-refractivity contribution in [3.05, 3.63) is 45.8 Å². The SMILES string of the molecule is Oc1ccc2c3c1O[C@H]1c4c(c5c(n4CC4CC4)CCCC5)C[C@@]4(O)C(C2)N(CC2CC2)CC[C@]314. The molecule has 0 radical (unpaired) electrons. The predicted octanol–water partition coefficient (Wildman–Crippen LogP) is 4.18. The molecule has 2 saturated carbocycles. The summed E-state index contributed by atoms with van der Waals surface area (Å²) in [7, 11) is 0. The van der Waals surface area contributed by atoms with Gasteiger partial charge in [-0.2, -0.15) is 0 Å². The summed E-state index contributed by atoms with van der Waals surface area (Å²) in [6, 6.07) is 4.09. The highest BCUT2D eigenvalue weighted by Crippen LogP contribution is 2.69. The second-order valence-electron chi connectivity index (χ2n) is 13.0. The van der Waals surface area contributed by atoms with Crippen molar-refractivity contribution in [3.63, 3.8) is 0 Å². The van der Waals surface area contributed by atoms with E-state index in [1.165, 1.54) is 60.9 Å². The molecule has 3 fully saturated rings. The molecule has 1 saturated heterocycles. The Morgan fingerprint density at radius 1 is 1.00 bits per heavy atom. The molecule has 2 aliphatic heterocycles. The number of phenols is 1. The average Bonchev–Trinajstić information content (AvgIpc) is 3.77. The minimum atomic E-state index is -0.846. The van der Waals surface area contributed by atoms with E-state index >= 15 is 0 Å². The van der Waals surface area contributed by atoms with Crippen LogP contribution in [0.15, 0.2) is 12.1 Å². The van der Waals surface area contributed by atoms with E-state index in [2.05, 4.69) is 15.5 Å². The summed E-state index contributed by atoms with van der Waals surface area (Å²) in [5.74, 6) is 2.53. The van der Waals surface area contributed by atoms with Crippen molar-refractivity contribution in [2.75, 3.05) is 13.1 Å². The Bertz CT molecular complexity index is 1270. The number of aromatic nitrogens is 1. The number of benzene rings is 1. The van der Waals surface area contributed by atoms with Crippen LogP contribution in [-0.2, 0) is 37.6 Å². The fraction of sp³-hybridized carbons (Fsp3) is 0.667. The zero-order valence-corrected chi connectivity index (χ0v) is 20.6. The number of piperidine rings is 1. The van der Waals surface area contributed by atoms with Gasteiger partial charge in [-0.3, -0.25) is 4.90 Å². The summed E-state index contributed by atoms with van der Waals surface area (Å²) in [4.78, 5) is 2.65. The maximum absolute atomic E-state index is 13.0. The lowest BCUT2D eigenvalue weighted by Crippen LogP contribution is -2.74. The molecule has 35 heavy (non-hydrogen) atoms. The number of ether oxygens (including phenoxy) is 1. The number of aliphatic hydroxyl groups is 1. The normalized spacial score (nSPS) is 36.4. The Morgan fingerprint density at radius 3 is 2.63 bits per heavy atom. The van der Waals surface area contributed by atoms with Gasteiger partial charge in [-0.25, -0.2) is 0 Å². The summed E-state index contributed by atoms with van der Waals surface area (Å²) in [5, 5.41) is 24.0. The smallest absolute Gasteiger partial charge is 0.166 e. The molecular formula is C30H36N2O3. The topological polar surface area (TPSA) is 57.9 Å². The molecule has 1 spiro atoms. The molecule has 9 rings (SSSR count). The molecule has 5 heteroatoms. The second kappa shape index (κ2) is 6.47. The van der Waals surface area contributed by atoms with E-state index in [-0.39, 0.29) is 17.9 Å². The van der Waals surface area contributed by atoms with Gasteiger partial charge < -0.3 is 19.5 Å². The Balaban J connectivity index is 1.31. The summed E-state index contributed by atoms with van der Waals surface area (Å²) < 4.78 is 9.57. The van der Waals surface area contributed by atoms with Gasteiger partial charge in [0.25, 0.3) is 0 Å². The summed E-state index contributed by atoms with van der Waals surface area (Å²) in [6.07, 6.45) is 12.5. The first kappa shape index (κ1) is 20.1. The third-order valence-electron chi connectivity index (χ3n) is 11.1. The van der Waals surface area contributed by atoms with Crippen LogP contribution < -0.4 is 4.74 Å². The molecule has 2 aromatic rings. The van der Waals surface area contributed by atoms with Crippen molar-refractivity contribution in [1.29, 1.82) is 0 Å². The first-order valence-electron chi connectivity index (χ1n) is 14.3. The second-order valence-corrected chi connectivity index (χ2v) is 13.0. The highest BCUT2D eigenvalue weighted by atomic mass is 16.5. The van der Waals surface area contributed by atoms with E-state index in [0.717, 1.165) is 69.1 Å². The van der Waals surface area contributed by atoms with Crippen LogP contribution >= 0.6 is 0 Å². The van der Waals surface area contributed by atoms with Crippen LogP contribution in [0.5, 0.6) is 11.5 Å². The fourth-order valence-electron chi connectivity index (χ4n) is 9.16. The molecule has 2 N–H and O–H groups in total. The number of phenolic OH excluding ortho intramolecular Hbond substituents is 1. The number of aromatic hydroxyl groups is 1. The summed E-state index contributed by atoms with van der Waals surface area (Å²) in [6.45, 7) is 3.26. The van der Waals surface area contributed by atoms with Gasteiger partial charge in [0.1, 0.15) is 0 Å². The van der Waals surface area contributed by atoms with Gasteiger partial charge >= 0.3 is 0 Å². The van der Waals surface area contributed by atoms with Crippen LogP contribution in [0.1, 0.15) is 84.7 Å². The van der Waals surface area contributed by atoms with Crippen LogP contribution in [0.4, 0.5) is 0 Å². The molecule has 2 bridgehead atoms. The van der Waals surface area contributed by atoms with Crippen molar-refractivity contribution in [3.8, 4) is 11.5 Å². The Kier molecular flexibility index (Phi) is 3.72. The first-order valence-corrected chi connectivity index (χ1v) is 14.3. The van der Waals surface area contributed by atoms with E-state index in [4.69, 9.17) is 4.74 Å². The van der Waals surface area contributed by atoms with Crippen molar-refractivity contribution in [2.24, 2.45) is 11.8 Å². The van der Waals surface area contributed by atoms with Crippen LogP contribution in [-0.4, -0.2) is 44.4 Å². The lowest BCUT2D eigenvalue weighted by molar-refractivity contribution is -0.174. The molecule has 5 aliphatic carbocycles. The van der Waals surface area contributed by atoms with Crippen molar-refractivity contribution in [2.45, 2.75) is 100 Å². The Hall–Kier alpha value is -1.98. The number of fused-ring (bicyclic) bond motifs is 4. The number of likely N-dealkylation sites (tertiary alicyclic amines) is 1. The molecule has 3 heterocycles. The van der Waals surface area contributed by atoms with Gasteiger partial charge in [0.05, 0.1) is 16.7 Å². The fourth-order valence-corrected chi connectivity index (χ4v) is 9.16. The molecule has 1 aromatic carbocycles. The summed E-state index contributed by atoms with van der Waals surface area (Å²) >= 11 is 0. The van der Waals surface area contributed by atoms with E-state index in [1.54, 1.807) is 5.69 Å². The average molecular weight is 473 g/mol. The molecule has 5 nitrogen and oxygen atoms in total. The zero-order chi connectivity index (χ0) is 23.1. The van der Waals surface area contributed by atoms with E-state index in [9.17, 15) is 10.2 Å². The molecule has 4 atom stereocenters. The zero-order valence-electron chi connectivity index (χ0n) is 20.6. The highest BCUT2D eigenvalue weighted by Gasteiger charge is 2.73. The van der Waals surface area contributed by atoms with Crippen molar-refractivity contribution in [1.82, 2.24) is 9.47 Å². The van der Waals surface area contributed by atoms with Crippen molar-refractivity contribution >= 4 is 0 Å². The number of hydrogen-bond donors (Lipinski definition) is 2. The maximum Gasteiger partial charge on any atom is 0.166 e. The lowest BCUT2D eigenvalue weighted by atomic mass is 9.49. The molecular weight excluding hydrogens is 436 g/mol. The maximum atomic E-state index is 13.0. The minimum Gasteiger partial charge on any atom is -0.504 e. The molecule has 7 aliphatic rings. The van der Waals surface area contributed by atoms with E-state index < -0.39 is 11.0 Å². The predicted molar refractivity (Wildman–Crippen MR) is 132 cm³/mol. The molecule has 0 amide bonds. The standard InChI is InChI=1S/C30H36N2O3/c33-23-10-9-19-13-24-30(34)14-21-20-3-1-2-4-22(20)32(16-18-7-8-18)26(21)28-29(30,25(19)27(23)35-28)11-12-31(24)15-17-5-6-17/h9-10,17-18,24,28,33-34H,1-8,11-16H2/t24?,28-,29-,30+/m0/s1. The van der Waals surface area contributed by atoms with Crippen molar-refractivity contribution < 1.29 is 14.9 Å². The van der Waals surface area contributed by atoms with Gasteiger partial charge in [-0.05, 0) is 105 Å². The third-order valence-corrected chi connectivity index (χ3v) is 11.1. The third kappa shape index (κ3) is 2.38. The number of rotatable bonds is 4. The first-order chi connectivity index (χ1) is 17.1. The van der Waals surface area contributed by atoms with Crippen LogP contribution in [0.25, 0.3) is 0 Å². The quantitative estimate of drug-likeness (QED) is 0.701. The highest BCUT2D eigenvalue weighted by molar-refractivity contribution is 5.65. The van der Waals surface area contributed by atoms with Gasteiger partial charge in [0.15, 0.2) is 17.6 Å². The van der Waals surface area contributed by atoms with Gasteiger partial charge in [-0.15, -0.1) is 0 Å². The van der Waals surface area contributed by atoms with Gasteiger partial charge in [0, 0.05) is 36.8 Å². The van der Waals surface area contributed by atoms with E-state index in [1.807, 2.05) is 6.07 Å². The van der Waals surface area contributed by atoms with Gasteiger partial charge in [0.2, 0.25) is 0 Å².